The lowest BCUT2D eigenvalue weighted by Crippen LogP contribution is -2.42. The van der Waals surface area contributed by atoms with E-state index in [0.717, 1.165) is 43.9 Å². The van der Waals surface area contributed by atoms with Gasteiger partial charge in [-0.15, -0.1) is 5.10 Å². The van der Waals surface area contributed by atoms with Crippen molar-refractivity contribution in [2.75, 3.05) is 40.0 Å². The van der Waals surface area contributed by atoms with Crippen molar-refractivity contribution >= 4 is 5.91 Å². The van der Waals surface area contributed by atoms with Gasteiger partial charge in [0.15, 0.2) is 5.69 Å². The molecule has 8 heteroatoms. The summed E-state index contributed by atoms with van der Waals surface area (Å²) in [5.41, 5.74) is 1.84. The summed E-state index contributed by atoms with van der Waals surface area (Å²) in [6.45, 7) is 7.46. The van der Waals surface area contributed by atoms with Crippen molar-refractivity contribution in [2.24, 2.45) is 0 Å². The predicted octanol–water partition coefficient (Wildman–Crippen LogP) is 1.82. The van der Waals surface area contributed by atoms with Crippen LogP contribution in [0.3, 0.4) is 0 Å². The predicted molar refractivity (Wildman–Crippen MR) is 106 cm³/mol. The van der Waals surface area contributed by atoms with E-state index in [0.29, 0.717) is 24.6 Å². The van der Waals surface area contributed by atoms with E-state index in [1.165, 1.54) is 4.80 Å². The van der Waals surface area contributed by atoms with Crippen LogP contribution in [-0.2, 0) is 4.74 Å². The molecule has 1 aliphatic rings. The smallest absolute Gasteiger partial charge is 0.276 e. The SMILES string of the molecule is CCCN(C(=O)c1nn(-c2ccc(OCCOC)cc2)nc1C)C1CCNC1. The summed E-state index contributed by atoms with van der Waals surface area (Å²) >= 11 is 0. The highest BCUT2D eigenvalue weighted by atomic mass is 16.5. The fourth-order valence-electron chi connectivity index (χ4n) is 3.34. The van der Waals surface area contributed by atoms with Crippen molar-refractivity contribution < 1.29 is 14.3 Å². The number of hydrogen-bond acceptors (Lipinski definition) is 6. The third-order valence-electron chi connectivity index (χ3n) is 4.81. The van der Waals surface area contributed by atoms with E-state index < -0.39 is 0 Å². The third kappa shape index (κ3) is 4.69. The highest BCUT2D eigenvalue weighted by Crippen LogP contribution is 2.18. The van der Waals surface area contributed by atoms with Crippen LogP contribution in [0.4, 0.5) is 0 Å². The molecule has 3 rings (SSSR count). The minimum absolute atomic E-state index is 0.0428. The first-order chi connectivity index (χ1) is 13.6. The van der Waals surface area contributed by atoms with Crippen molar-refractivity contribution in [3.63, 3.8) is 0 Å². The number of rotatable bonds is 9. The maximum atomic E-state index is 13.1. The van der Waals surface area contributed by atoms with Crippen molar-refractivity contribution in [3.8, 4) is 11.4 Å². The Morgan fingerprint density at radius 1 is 1.29 bits per heavy atom. The number of hydrogen-bond donors (Lipinski definition) is 1. The van der Waals surface area contributed by atoms with Crippen LogP contribution in [0.5, 0.6) is 5.75 Å². The molecule has 0 saturated carbocycles. The number of methoxy groups -OCH3 is 1. The Labute approximate surface area is 165 Å². The number of aromatic nitrogens is 3. The molecule has 0 spiro atoms. The first kappa shape index (κ1) is 20.3. The van der Waals surface area contributed by atoms with E-state index in [1.54, 1.807) is 7.11 Å². The number of benzene rings is 1. The second-order valence-corrected chi connectivity index (χ2v) is 6.90. The summed E-state index contributed by atoms with van der Waals surface area (Å²) in [7, 11) is 1.64. The van der Waals surface area contributed by atoms with E-state index >= 15 is 0 Å². The largest absolute Gasteiger partial charge is 0.491 e. The summed E-state index contributed by atoms with van der Waals surface area (Å²) in [5, 5.41) is 12.3. The van der Waals surface area contributed by atoms with Crippen LogP contribution < -0.4 is 10.1 Å². The molecule has 1 aromatic heterocycles. The van der Waals surface area contributed by atoms with Crippen LogP contribution in [0.1, 0.15) is 35.9 Å². The lowest BCUT2D eigenvalue weighted by Gasteiger charge is -2.27. The standard InChI is InChI=1S/C20H29N5O3/c1-4-11-24(17-9-10-21-14-17)20(26)19-15(2)22-25(23-19)16-5-7-18(8-6-16)28-13-12-27-3/h5-8,17,21H,4,9-14H2,1-3H3. The Hall–Kier alpha value is -2.45. The molecule has 0 radical (unpaired) electrons. The van der Waals surface area contributed by atoms with Gasteiger partial charge in [-0.3, -0.25) is 4.79 Å². The molecular weight excluding hydrogens is 358 g/mol. The summed E-state index contributed by atoms with van der Waals surface area (Å²) in [5.74, 6) is 0.711. The molecule has 1 N–H and O–H groups in total. The number of amides is 1. The van der Waals surface area contributed by atoms with Gasteiger partial charge in [0.25, 0.3) is 5.91 Å². The fourth-order valence-corrected chi connectivity index (χ4v) is 3.34. The average Bonchev–Trinajstić information content (AvgIpc) is 3.36. The van der Waals surface area contributed by atoms with Gasteiger partial charge < -0.3 is 19.7 Å². The second kappa shape index (κ2) is 9.66. The lowest BCUT2D eigenvalue weighted by molar-refractivity contribution is 0.0685. The summed E-state index contributed by atoms with van der Waals surface area (Å²) in [4.78, 5) is 16.6. The topological polar surface area (TPSA) is 81.5 Å². The van der Waals surface area contributed by atoms with Crippen molar-refractivity contribution in [1.82, 2.24) is 25.2 Å². The van der Waals surface area contributed by atoms with Crippen molar-refractivity contribution in [1.29, 1.82) is 0 Å². The monoisotopic (exact) mass is 387 g/mol. The average molecular weight is 387 g/mol. The Morgan fingerprint density at radius 2 is 2.07 bits per heavy atom. The zero-order chi connectivity index (χ0) is 19.9. The summed E-state index contributed by atoms with van der Waals surface area (Å²) < 4.78 is 10.6. The minimum Gasteiger partial charge on any atom is -0.491 e. The Kier molecular flexibility index (Phi) is 7.00. The molecule has 0 bridgehead atoms. The van der Waals surface area contributed by atoms with Gasteiger partial charge in [-0.25, -0.2) is 0 Å². The van der Waals surface area contributed by atoms with Gasteiger partial charge in [0, 0.05) is 26.2 Å². The zero-order valence-corrected chi connectivity index (χ0v) is 16.9. The lowest BCUT2D eigenvalue weighted by atomic mass is 10.2. The van der Waals surface area contributed by atoms with Crippen molar-refractivity contribution in [3.05, 3.63) is 35.7 Å². The molecule has 1 saturated heterocycles. The number of ether oxygens (including phenoxy) is 2. The van der Waals surface area contributed by atoms with E-state index in [9.17, 15) is 4.79 Å². The highest BCUT2D eigenvalue weighted by molar-refractivity contribution is 5.93. The van der Waals surface area contributed by atoms with Crippen LogP contribution in [0.15, 0.2) is 24.3 Å². The van der Waals surface area contributed by atoms with Gasteiger partial charge in [-0.2, -0.15) is 9.90 Å². The fraction of sp³-hybridized carbons (Fsp3) is 0.550. The van der Waals surface area contributed by atoms with Gasteiger partial charge >= 0.3 is 0 Å². The Morgan fingerprint density at radius 3 is 2.71 bits per heavy atom. The normalized spacial score (nSPS) is 16.3. The van der Waals surface area contributed by atoms with Crippen LogP contribution in [0.25, 0.3) is 5.69 Å². The summed E-state index contributed by atoms with van der Waals surface area (Å²) in [6.07, 6.45) is 1.89. The highest BCUT2D eigenvalue weighted by Gasteiger charge is 2.29. The molecule has 2 aromatic rings. The Balaban J connectivity index is 1.75. The quantitative estimate of drug-likeness (QED) is 0.661. The van der Waals surface area contributed by atoms with E-state index in [2.05, 4.69) is 22.4 Å². The van der Waals surface area contributed by atoms with E-state index in [4.69, 9.17) is 9.47 Å². The van der Waals surface area contributed by atoms with Gasteiger partial charge in [0.1, 0.15) is 12.4 Å². The number of nitrogens with one attached hydrogen (secondary N) is 1. The van der Waals surface area contributed by atoms with E-state index in [1.807, 2.05) is 36.1 Å². The maximum absolute atomic E-state index is 13.1. The third-order valence-corrected chi connectivity index (χ3v) is 4.81. The van der Waals surface area contributed by atoms with Gasteiger partial charge in [-0.1, -0.05) is 6.92 Å². The molecule has 0 aliphatic carbocycles. The number of nitrogens with zero attached hydrogens (tertiary/aromatic N) is 4. The van der Waals surface area contributed by atoms with E-state index in [-0.39, 0.29) is 11.9 Å². The van der Waals surface area contributed by atoms with Crippen LogP contribution in [-0.4, -0.2) is 71.8 Å². The molecule has 1 aliphatic heterocycles. The molecule has 2 heterocycles. The molecule has 152 valence electrons. The van der Waals surface area contributed by atoms with Gasteiger partial charge in [0.2, 0.25) is 0 Å². The minimum atomic E-state index is -0.0428. The number of carbonyl (C=O) groups is 1. The van der Waals surface area contributed by atoms with Gasteiger partial charge in [0.05, 0.1) is 18.0 Å². The molecular formula is C20H29N5O3. The summed E-state index contributed by atoms with van der Waals surface area (Å²) in [6, 6.07) is 7.69. The molecule has 1 aromatic carbocycles. The molecule has 1 fully saturated rings. The Bertz CT molecular complexity index is 769. The first-order valence-corrected chi connectivity index (χ1v) is 9.81. The number of aryl methyl sites for hydroxylation is 1. The molecule has 1 amide bonds. The molecule has 1 unspecified atom stereocenters. The number of carbonyl (C=O) groups excluding carboxylic acids is 1. The van der Waals surface area contributed by atoms with Crippen LogP contribution in [0, 0.1) is 6.92 Å². The molecule has 28 heavy (non-hydrogen) atoms. The zero-order valence-electron chi connectivity index (χ0n) is 16.9. The first-order valence-electron chi connectivity index (χ1n) is 9.81. The second-order valence-electron chi connectivity index (χ2n) is 6.90. The van der Waals surface area contributed by atoms with Crippen LogP contribution in [0.2, 0.25) is 0 Å². The maximum Gasteiger partial charge on any atom is 0.276 e. The van der Waals surface area contributed by atoms with Gasteiger partial charge in [-0.05, 0) is 50.6 Å². The molecule has 8 nitrogen and oxygen atoms in total. The molecule has 1 atom stereocenters. The van der Waals surface area contributed by atoms with Crippen LogP contribution >= 0.6 is 0 Å². The van der Waals surface area contributed by atoms with Crippen molar-refractivity contribution in [2.45, 2.75) is 32.7 Å².